The Balaban J connectivity index is 1.19. The monoisotopic (exact) mass is 705 g/mol. The molecule has 3 aromatic heterocycles. The van der Waals surface area contributed by atoms with E-state index in [-0.39, 0.29) is 0 Å². The summed E-state index contributed by atoms with van der Waals surface area (Å²) in [5.74, 6) is 2.28. The molecule has 7 aromatic carbocycles. The highest BCUT2D eigenvalue weighted by Crippen LogP contribution is 2.43. The van der Waals surface area contributed by atoms with Crippen LogP contribution in [0.25, 0.3) is 95.1 Å². The first-order chi connectivity index (χ1) is 27.2. The molecule has 55 heavy (non-hydrogen) atoms. The molecule has 1 atom stereocenters. The smallest absolute Gasteiger partial charge is 0.238 e. The van der Waals surface area contributed by atoms with Crippen LogP contribution in [0.1, 0.15) is 30.5 Å². The SMILES string of the molecule is CC1CC=Cc2c1c1cc(-c3ccc4c5ccc6ccccc6c5n(-c5nc(-c6ccccc6)nc(-c6ccccc6)n5)c4c3)ccc1n2-c1ccccc1. The summed E-state index contributed by atoms with van der Waals surface area (Å²) in [5.41, 5.74) is 11.4. The summed E-state index contributed by atoms with van der Waals surface area (Å²) < 4.78 is 4.68. The Morgan fingerprint density at radius 3 is 1.87 bits per heavy atom. The zero-order chi connectivity index (χ0) is 36.5. The molecule has 0 saturated heterocycles. The van der Waals surface area contributed by atoms with Gasteiger partial charge >= 0.3 is 0 Å². The van der Waals surface area contributed by atoms with E-state index in [1.54, 1.807) is 0 Å². The molecule has 0 amide bonds. The van der Waals surface area contributed by atoms with Crippen LogP contribution in [0.15, 0.2) is 170 Å². The van der Waals surface area contributed by atoms with Crippen molar-refractivity contribution in [3.8, 4) is 45.5 Å². The summed E-state index contributed by atoms with van der Waals surface area (Å²) in [6.45, 7) is 2.35. The molecule has 0 aliphatic heterocycles. The average Bonchev–Trinajstić information content (AvgIpc) is 3.77. The minimum absolute atomic E-state index is 0.419. The van der Waals surface area contributed by atoms with E-state index in [2.05, 4.69) is 156 Å². The first kappa shape index (κ1) is 31.4. The van der Waals surface area contributed by atoms with Crippen LogP contribution >= 0.6 is 0 Å². The van der Waals surface area contributed by atoms with Gasteiger partial charge in [-0.2, -0.15) is 9.97 Å². The lowest BCUT2D eigenvalue weighted by Crippen LogP contribution is -2.06. The third kappa shape index (κ3) is 5.04. The van der Waals surface area contributed by atoms with Gasteiger partial charge in [-0.1, -0.05) is 146 Å². The third-order valence-electron chi connectivity index (χ3n) is 11.2. The van der Waals surface area contributed by atoms with Gasteiger partial charge in [-0.15, -0.1) is 0 Å². The van der Waals surface area contributed by atoms with Gasteiger partial charge in [0.05, 0.1) is 16.6 Å². The van der Waals surface area contributed by atoms with Crippen molar-refractivity contribution in [3.63, 3.8) is 0 Å². The third-order valence-corrected chi connectivity index (χ3v) is 11.2. The molecule has 0 N–H and O–H groups in total. The summed E-state index contributed by atoms with van der Waals surface area (Å²) in [4.78, 5) is 15.5. The van der Waals surface area contributed by atoms with E-state index in [0.717, 1.165) is 50.3 Å². The van der Waals surface area contributed by atoms with Gasteiger partial charge in [0.1, 0.15) is 0 Å². The first-order valence-corrected chi connectivity index (χ1v) is 18.9. The Hall–Kier alpha value is -7.11. The number of rotatable bonds is 5. The molecule has 0 saturated carbocycles. The second kappa shape index (κ2) is 12.5. The van der Waals surface area contributed by atoms with Crippen molar-refractivity contribution in [2.24, 2.45) is 0 Å². The van der Waals surface area contributed by atoms with Crippen molar-refractivity contribution in [1.82, 2.24) is 24.1 Å². The van der Waals surface area contributed by atoms with Crippen LogP contribution in [0, 0.1) is 0 Å². The van der Waals surface area contributed by atoms with Gasteiger partial charge in [0.2, 0.25) is 5.95 Å². The Morgan fingerprint density at radius 2 is 1.13 bits per heavy atom. The van der Waals surface area contributed by atoms with Gasteiger partial charge in [0.15, 0.2) is 11.6 Å². The second-order valence-electron chi connectivity index (χ2n) is 14.5. The Labute approximate surface area is 318 Å². The molecular formula is C50H35N5. The molecule has 0 bridgehead atoms. The number of benzene rings is 7. The standard InChI is InChI=1S/C50H35N5/c1-32-14-13-23-44-46(32)42-30-36(26-29-43(42)54(44)38-20-9-4-10-21-38)37-25-27-40-41-28-24-33-15-11-12-22-39(33)47(41)55(45(40)31-37)50-52-48(34-16-5-2-6-17-34)51-49(53-50)35-18-7-3-8-19-35/h2-13,15-32H,14H2,1H3. The molecule has 1 aliphatic rings. The number of fused-ring (bicyclic) bond motifs is 8. The molecule has 1 unspecified atom stereocenters. The maximum absolute atomic E-state index is 5.24. The average molecular weight is 706 g/mol. The largest absolute Gasteiger partial charge is 0.310 e. The lowest BCUT2D eigenvalue weighted by atomic mass is 9.90. The van der Waals surface area contributed by atoms with Crippen molar-refractivity contribution in [2.75, 3.05) is 0 Å². The summed E-state index contributed by atoms with van der Waals surface area (Å²) in [6, 6.07) is 58.0. The number of hydrogen-bond acceptors (Lipinski definition) is 3. The summed E-state index contributed by atoms with van der Waals surface area (Å²) in [6.07, 6.45) is 5.66. The zero-order valence-electron chi connectivity index (χ0n) is 30.3. The van der Waals surface area contributed by atoms with Crippen molar-refractivity contribution < 1.29 is 0 Å². The van der Waals surface area contributed by atoms with Crippen molar-refractivity contribution in [3.05, 3.63) is 181 Å². The molecule has 5 heteroatoms. The molecule has 3 heterocycles. The second-order valence-corrected chi connectivity index (χ2v) is 14.5. The van der Waals surface area contributed by atoms with E-state index >= 15 is 0 Å². The van der Waals surface area contributed by atoms with Crippen molar-refractivity contribution in [2.45, 2.75) is 19.3 Å². The van der Waals surface area contributed by atoms with Crippen LogP contribution in [-0.4, -0.2) is 24.1 Å². The van der Waals surface area contributed by atoms with Gasteiger partial charge in [-0.25, -0.2) is 4.98 Å². The predicted octanol–water partition coefficient (Wildman–Crippen LogP) is 12.6. The van der Waals surface area contributed by atoms with E-state index in [9.17, 15) is 0 Å². The van der Waals surface area contributed by atoms with Crippen LogP contribution in [-0.2, 0) is 0 Å². The minimum atomic E-state index is 0.419. The summed E-state index contributed by atoms with van der Waals surface area (Å²) in [7, 11) is 0. The maximum atomic E-state index is 5.24. The first-order valence-electron chi connectivity index (χ1n) is 18.9. The lowest BCUT2D eigenvalue weighted by Gasteiger charge is -2.16. The minimum Gasteiger partial charge on any atom is -0.310 e. The van der Waals surface area contributed by atoms with Crippen LogP contribution in [0.3, 0.4) is 0 Å². The van der Waals surface area contributed by atoms with E-state index < -0.39 is 0 Å². The molecule has 0 fully saturated rings. The number of para-hydroxylation sites is 1. The molecule has 10 aromatic rings. The number of nitrogens with zero attached hydrogens (tertiary/aromatic N) is 5. The number of hydrogen-bond donors (Lipinski definition) is 0. The molecule has 11 rings (SSSR count). The Morgan fingerprint density at radius 1 is 0.491 bits per heavy atom. The van der Waals surface area contributed by atoms with E-state index in [4.69, 9.17) is 15.0 Å². The van der Waals surface area contributed by atoms with Crippen LogP contribution in [0.4, 0.5) is 0 Å². The van der Waals surface area contributed by atoms with E-state index in [0.29, 0.717) is 23.5 Å². The fourth-order valence-corrected chi connectivity index (χ4v) is 8.62. The molecular weight excluding hydrogens is 671 g/mol. The quantitative estimate of drug-likeness (QED) is 0.179. The highest BCUT2D eigenvalue weighted by atomic mass is 15.2. The van der Waals surface area contributed by atoms with Crippen LogP contribution in [0.2, 0.25) is 0 Å². The van der Waals surface area contributed by atoms with Crippen LogP contribution < -0.4 is 0 Å². The van der Waals surface area contributed by atoms with Crippen molar-refractivity contribution in [1.29, 1.82) is 0 Å². The lowest BCUT2D eigenvalue weighted by molar-refractivity contribution is 0.773. The molecule has 0 radical (unpaired) electrons. The number of allylic oxidation sites excluding steroid dienone is 1. The fourth-order valence-electron chi connectivity index (χ4n) is 8.62. The Kier molecular flexibility index (Phi) is 7.14. The van der Waals surface area contributed by atoms with Crippen LogP contribution in [0.5, 0.6) is 0 Å². The van der Waals surface area contributed by atoms with Crippen molar-refractivity contribution >= 4 is 49.6 Å². The maximum Gasteiger partial charge on any atom is 0.238 e. The van der Waals surface area contributed by atoms with Gasteiger partial charge in [0, 0.05) is 44.1 Å². The normalized spacial score (nSPS) is 13.9. The van der Waals surface area contributed by atoms with Gasteiger partial charge in [0.25, 0.3) is 0 Å². The zero-order valence-corrected chi connectivity index (χ0v) is 30.3. The highest BCUT2D eigenvalue weighted by molar-refractivity contribution is 6.19. The summed E-state index contributed by atoms with van der Waals surface area (Å²) >= 11 is 0. The van der Waals surface area contributed by atoms with Gasteiger partial charge in [-0.05, 0) is 70.8 Å². The fraction of sp³-hybridized carbons (Fsp3) is 0.0600. The predicted molar refractivity (Wildman–Crippen MR) is 227 cm³/mol. The highest BCUT2D eigenvalue weighted by Gasteiger charge is 2.24. The Bertz CT molecular complexity index is 3060. The van der Waals surface area contributed by atoms with Gasteiger partial charge in [-0.3, -0.25) is 4.57 Å². The van der Waals surface area contributed by atoms with E-state index in [1.165, 1.54) is 38.8 Å². The van der Waals surface area contributed by atoms with E-state index in [1.807, 2.05) is 36.4 Å². The topological polar surface area (TPSA) is 48.5 Å². The number of aromatic nitrogens is 5. The van der Waals surface area contributed by atoms with Gasteiger partial charge < -0.3 is 4.57 Å². The molecule has 0 spiro atoms. The molecule has 1 aliphatic carbocycles. The molecule has 260 valence electrons. The summed E-state index contributed by atoms with van der Waals surface area (Å²) in [5, 5.41) is 5.93. The molecule has 5 nitrogen and oxygen atoms in total.